The lowest BCUT2D eigenvalue weighted by Crippen LogP contribution is -2.31. The highest BCUT2D eigenvalue weighted by Gasteiger charge is 2.21. The third-order valence-electron chi connectivity index (χ3n) is 4.50. The van der Waals surface area contributed by atoms with E-state index >= 15 is 0 Å². The van der Waals surface area contributed by atoms with Crippen molar-refractivity contribution in [1.29, 1.82) is 0 Å². The van der Waals surface area contributed by atoms with E-state index in [1.807, 2.05) is 67.5 Å². The number of amides is 1. The Morgan fingerprint density at radius 2 is 1.85 bits per heavy atom. The van der Waals surface area contributed by atoms with Crippen molar-refractivity contribution in [3.63, 3.8) is 0 Å². The Bertz CT molecular complexity index is 981. The summed E-state index contributed by atoms with van der Waals surface area (Å²) >= 11 is 0. The lowest BCUT2D eigenvalue weighted by Gasteiger charge is -2.25. The van der Waals surface area contributed by atoms with E-state index < -0.39 is 0 Å². The Morgan fingerprint density at radius 3 is 2.62 bits per heavy atom. The summed E-state index contributed by atoms with van der Waals surface area (Å²) in [7, 11) is 3.97. The van der Waals surface area contributed by atoms with Gasteiger partial charge < -0.3 is 20.9 Å². The third kappa shape index (κ3) is 2.97. The number of para-hydroxylation sites is 2. The molecular weight excluding hydrogens is 324 g/mol. The van der Waals surface area contributed by atoms with E-state index in [0.29, 0.717) is 12.1 Å². The van der Waals surface area contributed by atoms with Gasteiger partial charge in [-0.15, -0.1) is 0 Å². The van der Waals surface area contributed by atoms with Crippen LogP contribution in [-0.2, 0) is 0 Å². The van der Waals surface area contributed by atoms with Gasteiger partial charge in [0.1, 0.15) is 0 Å². The highest BCUT2D eigenvalue weighted by Crippen LogP contribution is 2.43. The quantitative estimate of drug-likeness (QED) is 0.527. The molecule has 0 saturated carbocycles. The maximum atomic E-state index is 12.8. The van der Waals surface area contributed by atoms with Gasteiger partial charge in [0.05, 0.1) is 22.7 Å². The van der Waals surface area contributed by atoms with E-state index in [4.69, 9.17) is 0 Å². The number of benzene rings is 3. The van der Waals surface area contributed by atoms with E-state index in [9.17, 15) is 4.79 Å². The van der Waals surface area contributed by atoms with Crippen molar-refractivity contribution in [2.75, 3.05) is 37.8 Å². The lowest BCUT2D eigenvalue weighted by atomic mass is 9.98. The van der Waals surface area contributed by atoms with Gasteiger partial charge in [-0.25, -0.2) is 0 Å². The molecule has 3 N–H and O–H groups in total. The summed E-state index contributed by atoms with van der Waals surface area (Å²) in [5.41, 5.74) is 4.52. The molecule has 4 rings (SSSR count). The molecule has 5 nitrogen and oxygen atoms in total. The maximum absolute atomic E-state index is 12.8. The Hall–Kier alpha value is -3.05. The van der Waals surface area contributed by atoms with E-state index in [1.54, 1.807) is 0 Å². The van der Waals surface area contributed by atoms with Gasteiger partial charge >= 0.3 is 0 Å². The average Bonchev–Trinajstić information content (AvgIpc) is 2.65. The number of anilines is 4. The number of rotatable bonds is 4. The molecule has 1 amide bonds. The van der Waals surface area contributed by atoms with Gasteiger partial charge in [-0.3, -0.25) is 4.79 Å². The minimum absolute atomic E-state index is 0.0808. The van der Waals surface area contributed by atoms with Gasteiger partial charge in [0, 0.05) is 29.4 Å². The normalized spacial score (nSPS) is 12.1. The number of carbonyl (C=O) groups excluding carboxylic acids is 1. The van der Waals surface area contributed by atoms with Crippen molar-refractivity contribution < 1.29 is 4.79 Å². The summed E-state index contributed by atoms with van der Waals surface area (Å²) in [5, 5.41) is 11.7. The first-order valence-electron chi connectivity index (χ1n) is 8.67. The Balaban J connectivity index is 1.75. The zero-order chi connectivity index (χ0) is 18.1. The summed E-state index contributed by atoms with van der Waals surface area (Å²) in [6.45, 7) is 1.40. The molecule has 3 aromatic rings. The fourth-order valence-electron chi connectivity index (χ4n) is 3.18. The van der Waals surface area contributed by atoms with Crippen LogP contribution in [0.1, 0.15) is 10.4 Å². The largest absolute Gasteiger partial charge is 0.352 e. The van der Waals surface area contributed by atoms with Gasteiger partial charge in [0.15, 0.2) is 0 Å². The van der Waals surface area contributed by atoms with Crippen LogP contribution in [0.5, 0.6) is 0 Å². The Morgan fingerprint density at radius 1 is 1.08 bits per heavy atom. The van der Waals surface area contributed by atoms with Gasteiger partial charge in [0.2, 0.25) is 0 Å². The van der Waals surface area contributed by atoms with Gasteiger partial charge in [-0.1, -0.05) is 30.3 Å². The molecule has 0 aliphatic carbocycles. The second-order valence-corrected chi connectivity index (χ2v) is 6.66. The second kappa shape index (κ2) is 6.69. The molecule has 1 aliphatic heterocycles. The van der Waals surface area contributed by atoms with Crippen molar-refractivity contribution in [3.8, 4) is 0 Å². The van der Waals surface area contributed by atoms with Gasteiger partial charge in [-0.05, 0) is 38.4 Å². The van der Waals surface area contributed by atoms with Crippen LogP contribution < -0.4 is 16.0 Å². The smallest absolute Gasteiger partial charge is 0.252 e. The average molecular weight is 345 g/mol. The number of fused-ring (bicyclic) bond motifs is 4. The van der Waals surface area contributed by atoms with Crippen molar-refractivity contribution in [2.24, 2.45) is 0 Å². The Labute approximate surface area is 153 Å². The standard InChI is InChI=1S/C21H21N4O/c1-25(2)12-11-22-21(26)16-13-19-20(15-8-4-3-7-14(15)16)24-18-10-6-5-9-17(18)23-19/h3-6,8-10,13,23-24H,11-12H2,1-2H3,(H,22,26). The first-order chi connectivity index (χ1) is 12.6. The summed E-state index contributed by atoms with van der Waals surface area (Å²) in [6, 6.07) is 19.0. The van der Waals surface area contributed by atoms with Crippen molar-refractivity contribution in [3.05, 3.63) is 60.2 Å². The highest BCUT2D eigenvalue weighted by atomic mass is 16.1. The molecule has 0 fully saturated rings. The van der Waals surface area contributed by atoms with E-state index in [1.165, 1.54) is 0 Å². The van der Waals surface area contributed by atoms with Crippen LogP contribution in [0.2, 0.25) is 0 Å². The van der Waals surface area contributed by atoms with E-state index in [0.717, 1.165) is 40.1 Å². The van der Waals surface area contributed by atoms with Gasteiger partial charge in [0.25, 0.3) is 5.91 Å². The predicted octanol–water partition coefficient (Wildman–Crippen LogP) is 3.73. The summed E-state index contributed by atoms with van der Waals surface area (Å²) in [4.78, 5) is 14.8. The van der Waals surface area contributed by atoms with E-state index in [-0.39, 0.29) is 5.91 Å². The second-order valence-electron chi connectivity index (χ2n) is 6.66. The molecular formula is C21H21N4O. The summed E-state index contributed by atoms with van der Waals surface area (Å²) in [5.74, 6) is -0.0808. The van der Waals surface area contributed by atoms with Crippen LogP contribution >= 0.6 is 0 Å². The van der Waals surface area contributed by atoms with Crippen molar-refractivity contribution in [2.45, 2.75) is 0 Å². The molecule has 0 unspecified atom stereocenters. The molecule has 0 bridgehead atoms. The molecule has 26 heavy (non-hydrogen) atoms. The fourth-order valence-corrected chi connectivity index (χ4v) is 3.18. The highest BCUT2D eigenvalue weighted by molar-refractivity contribution is 6.15. The Kier molecular flexibility index (Phi) is 4.22. The minimum atomic E-state index is -0.0808. The van der Waals surface area contributed by atoms with Crippen LogP contribution in [0.3, 0.4) is 0 Å². The zero-order valence-corrected chi connectivity index (χ0v) is 14.9. The summed E-state index contributed by atoms with van der Waals surface area (Å²) in [6.07, 6.45) is 0. The SMILES string of the molecule is CN(C)CCNC(=O)c1cc2c(c3ccc[c]c13)Nc1ccccc1N2. The number of nitrogens with one attached hydrogen (secondary N) is 3. The minimum Gasteiger partial charge on any atom is -0.352 e. The number of hydrogen-bond acceptors (Lipinski definition) is 4. The molecule has 1 heterocycles. The van der Waals surface area contributed by atoms with Crippen LogP contribution in [0.15, 0.2) is 48.5 Å². The van der Waals surface area contributed by atoms with Crippen molar-refractivity contribution >= 4 is 39.4 Å². The molecule has 131 valence electrons. The van der Waals surface area contributed by atoms with Gasteiger partial charge in [-0.2, -0.15) is 0 Å². The number of carbonyl (C=O) groups is 1. The predicted molar refractivity (Wildman–Crippen MR) is 107 cm³/mol. The molecule has 0 atom stereocenters. The maximum Gasteiger partial charge on any atom is 0.252 e. The first-order valence-corrected chi connectivity index (χ1v) is 8.67. The summed E-state index contributed by atoms with van der Waals surface area (Å²) < 4.78 is 0. The van der Waals surface area contributed by atoms with Crippen molar-refractivity contribution in [1.82, 2.24) is 10.2 Å². The zero-order valence-electron chi connectivity index (χ0n) is 14.9. The molecule has 0 spiro atoms. The number of hydrogen-bond donors (Lipinski definition) is 3. The first kappa shape index (κ1) is 16.4. The molecule has 1 radical (unpaired) electrons. The molecule has 5 heteroatoms. The van der Waals surface area contributed by atoms with E-state index in [2.05, 4.69) is 22.0 Å². The fraction of sp³-hybridized carbons (Fsp3) is 0.190. The molecule has 1 aliphatic rings. The van der Waals surface area contributed by atoms with Crippen LogP contribution in [0.25, 0.3) is 10.8 Å². The topological polar surface area (TPSA) is 56.4 Å². The third-order valence-corrected chi connectivity index (χ3v) is 4.50. The van der Waals surface area contributed by atoms with Crippen LogP contribution in [0, 0.1) is 6.07 Å². The van der Waals surface area contributed by atoms with Crippen LogP contribution in [0.4, 0.5) is 22.7 Å². The number of likely N-dealkylation sites (N-methyl/N-ethyl adjacent to an activating group) is 1. The molecule has 3 aromatic carbocycles. The van der Waals surface area contributed by atoms with Crippen LogP contribution in [-0.4, -0.2) is 38.0 Å². The number of nitrogens with zero attached hydrogens (tertiary/aromatic N) is 1. The lowest BCUT2D eigenvalue weighted by molar-refractivity contribution is 0.0952. The monoisotopic (exact) mass is 345 g/mol. The molecule has 0 aromatic heterocycles. The molecule has 0 saturated heterocycles.